The Kier molecular flexibility index (Phi) is 4.06. The number of pyridine rings is 1. The van der Waals surface area contributed by atoms with E-state index in [1.807, 2.05) is 6.92 Å². The number of hydrogen-bond donors (Lipinski definition) is 1. The molecule has 8 heteroatoms. The highest BCUT2D eigenvalue weighted by Crippen LogP contribution is 2.53. The summed E-state index contributed by atoms with van der Waals surface area (Å²) >= 11 is 3.31. The van der Waals surface area contributed by atoms with E-state index >= 15 is 0 Å². The van der Waals surface area contributed by atoms with Gasteiger partial charge in [-0.2, -0.15) is 4.39 Å². The second-order valence-corrected chi connectivity index (χ2v) is 8.10. The van der Waals surface area contributed by atoms with Crippen LogP contribution >= 0.6 is 15.9 Å². The van der Waals surface area contributed by atoms with E-state index in [-0.39, 0.29) is 18.0 Å². The molecule has 0 radical (unpaired) electrons. The summed E-state index contributed by atoms with van der Waals surface area (Å²) in [5, 5.41) is 2.50. The van der Waals surface area contributed by atoms with Gasteiger partial charge in [-0.1, -0.05) is 0 Å². The minimum Gasteiger partial charge on any atom is -0.461 e. The summed E-state index contributed by atoms with van der Waals surface area (Å²) in [6.07, 6.45) is 1.38. The van der Waals surface area contributed by atoms with E-state index in [0.29, 0.717) is 10.0 Å². The molecule has 24 heavy (non-hydrogen) atoms. The van der Waals surface area contributed by atoms with E-state index < -0.39 is 23.2 Å². The van der Waals surface area contributed by atoms with Gasteiger partial charge in [0.15, 0.2) is 0 Å². The molecule has 3 unspecified atom stereocenters. The Hall–Kier alpha value is -1.70. The van der Waals surface area contributed by atoms with Crippen LogP contribution in [0.5, 0.6) is 0 Å². The lowest BCUT2D eigenvalue weighted by atomic mass is 9.88. The third-order valence-electron chi connectivity index (χ3n) is 4.01. The Morgan fingerprint density at radius 1 is 1.54 bits per heavy atom. The predicted octanol–water partition coefficient (Wildman–Crippen LogP) is 3.50. The van der Waals surface area contributed by atoms with E-state index in [2.05, 4.69) is 31.2 Å². The van der Waals surface area contributed by atoms with E-state index in [4.69, 9.17) is 9.47 Å². The fourth-order valence-electron chi connectivity index (χ4n) is 2.84. The Morgan fingerprint density at radius 3 is 2.92 bits per heavy atom. The number of nitrogens with one attached hydrogen (secondary N) is 1. The van der Waals surface area contributed by atoms with Crippen LogP contribution in [0.15, 0.2) is 21.7 Å². The second kappa shape index (κ2) is 5.68. The molecule has 1 N–H and O–H groups in total. The van der Waals surface area contributed by atoms with Gasteiger partial charge in [0.2, 0.25) is 5.95 Å². The molecule has 0 aromatic carbocycles. The average molecular weight is 400 g/mol. The summed E-state index contributed by atoms with van der Waals surface area (Å²) in [7, 11) is 0. The summed E-state index contributed by atoms with van der Waals surface area (Å²) < 4.78 is 25.7. The van der Waals surface area contributed by atoms with Crippen molar-refractivity contribution in [1.29, 1.82) is 0 Å². The zero-order valence-electron chi connectivity index (χ0n) is 13.9. The van der Waals surface area contributed by atoms with Crippen LogP contribution in [0.1, 0.15) is 39.7 Å². The largest absolute Gasteiger partial charge is 0.461 e. The molecular weight excluding hydrogens is 381 g/mol. The quantitative estimate of drug-likeness (QED) is 0.733. The van der Waals surface area contributed by atoms with Crippen molar-refractivity contribution >= 4 is 28.0 Å². The van der Waals surface area contributed by atoms with Gasteiger partial charge in [-0.05, 0) is 56.1 Å². The molecule has 1 fully saturated rings. The molecule has 1 aromatic heterocycles. The highest BCUT2D eigenvalue weighted by Gasteiger charge is 2.58. The number of amidine groups is 1. The SMILES string of the molecule is CC(C)(C)OC(=O)NC1=NC(C)(c2cc(Br)cnc2F)C2CC2O1. The standard InChI is InChI=1S/C16H19BrFN3O3/c1-15(2,3)24-14(22)20-13-21-16(4,9-6-11(9)23-13)10-5-8(17)7-19-12(10)18/h5,7,9,11H,6H2,1-4H3,(H,20,21,22). The molecule has 2 aliphatic rings. The zero-order valence-corrected chi connectivity index (χ0v) is 15.5. The number of rotatable bonds is 1. The number of carbonyl (C=O) groups excluding carboxylic acids is 1. The molecule has 0 bridgehead atoms. The monoisotopic (exact) mass is 399 g/mol. The molecule has 1 aliphatic heterocycles. The van der Waals surface area contributed by atoms with Gasteiger partial charge >= 0.3 is 6.09 Å². The van der Waals surface area contributed by atoms with Gasteiger partial charge in [-0.25, -0.2) is 20.1 Å². The molecule has 3 rings (SSSR count). The normalized spacial score (nSPS) is 28.3. The van der Waals surface area contributed by atoms with Gasteiger partial charge in [-0.3, -0.25) is 0 Å². The summed E-state index contributed by atoms with van der Waals surface area (Å²) in [5.41, 5.74) is -1.12. The first-order valence-corrected chi connectivity index (χ1v) is 8.46. The lowest BCUT2D eigenvalue weighted by Gasteiger charge is -2.31. The average Bonchev–Trinajstić information content (AvgIpc) is 3.19. The van der Waals surface area contributed by atoms with Crippen LogP contribution in [-0.2, 0) is 15.0 Å². The Balaban J connectivity index is 1.88. The van der Waals surface area contributed by atoms with Crippen molar-refractivity contribution in [2.75, 3.05) is 0 Å². The summed E-state index contributed by atoms with van der Waals surface area (Å²) in [5.74, 6) is -0.527. The minimum atomic E-state index is -0.853. The van der Waals surface area contributed by atoms with Crippen LogP contribution < -0.4 is 5.32 Å². The molecule has 6 nitrogen and oxygen atoms in total. The molecule has 1 aromatic rings. The number of alkyl carbamates (subject to hydrolysis) is 1. The van der Waals surface area contributed by atoms with Crippen LogP contribution in [0.3, 0.4) is 0 Å². The molecule has 0 saturated heterocycles. The van der Waals surface area contributed by atoms with Crippen molar-refractivity contribution in [3.63, 3.8) is 0 Å². The van der Waals surface area contributed by atoms with E-state index in [1.165, 1.54) is 6.20 Å². The third kappa shape index (κ3) is 3.38. The number of ether oxygens (including phenoxy) is 2. The van der Waals surface area contributed by atoms with E-state index in [0.717, 1.165) is 6.42 Å². The minimum absolute atomic E-state index is 0.0462. The maximum Gasteiger partial charge on any atom is 0.415 e. The van der Waals surface area contributed by atoms with Crippen LogP contribution in [0.25, 0.3) is 0 Å². The molecule has 1 saturated carbocycles. The van der Waals surface area contributed by atoms with Crippen molar-refractivity contribution in [3.05, 3.63) is 28.2 Å². The van der Waals surface area contributed by atoms with Gasteiger partial charge in [0.05, 0.1) is 5.54 Å². The molecule has 1 aliphatic carbocycles. The first-order chi connectivity index (χ1) is 11.1. The molecular formula is C16H19BrFN3O3. The second-order valence-electron chi connectivity index (χ2n) is 7.18. The summed E-state index contributed by atoms with van der Waals surface area (Å²) in [6, 6.07) is 1.71. The lowest BCUT2D eigenvalue weighted by molar-refractivity contribution is 0.0540. The molecule has 0 spiro atoms. The number of halogens is 2. The maximum absolute atomic E-state index is 14.2. The number of aliphatic imine (C=N–C) groups is 1. The Bertz CT molecular complexity index is 719. The first kappa shape index (κ1) is 17.1. The topological polar surface area (TPSA) is 72.8 Å². The first-order valence-electron chi connectivity index (χ1n) is 7.66. The Labute approximate surface area is 148 Å². The summed E-state index contributed by atoms with van der Waals surface area (Å²) in [4.78, 5) is 20.1. The number of hydrogen-bond acceptors (Lipinski definition) is 5. The van der Waals surface area contributed by atoms with Crippen LogP contribution in [0.4, 0.5) is 9.18 Å². The van der Waals surface area contributed by atoms with Crippen LogP contribution in [0, 0.1) is 11.9 Å². The smallest absolute Gasteiger partial charge is 0.415 e. The van der Waals surface area contributed by atoms with Gasteiger partial charge in [0.25, 0.3) is 6.02 Å². The van der Waals surface area contributed by atoms with Crippen molar-refractivity contribution in [2.45, 2.75) is 51.4 Å². The van der Waals surface area contributed by atoms with Gasteiger partial charge < -0.3 is 9.47 Å². The van der Waals surface area contributed by atoms with Gasteiger partial charge in [0, 0.05) is 22.2 Å². The number of nitrogens with zero attached hydrogens (tertiary/aromatic N) is 2. The fourth-order valence-corrected chi connectivity index (χ4v) is 3.17. The van der Waals surface area contributed by atoms with Crippen molar-refractivity contribution in [1.82, 2.24) is 10.3 Å². The zero-order chi connectivity index (χ0) is 17.7. The van der Waals surface area contributed by atoms with Crippen LogP contribution in [0.2, 0.25) is 0 Å². The van der Waals surface area contributed by atoms with Crippen LogP contribution in [-0.4, -0.2) is 28.8 Å². The molecule has 130 valence electrons. The predicted molar refractivity (Wildman–Crippen MR) is 89.0 cm³/mol. The number of amides is 1. The Morgan fingerprint density at radius 2 is 2.25 bits per heavy atom. The highest BCUT2D eigenvalue weighted by atomic mass is 79.9. The van der Waals surface area contributed by atoms with E-state index in [9.17, 15) is 9.18 Å². The van der Waals surface area contributed by atoms with Gasteiger partial charge in [-0.15, -0.1) is 0 Å². The molecule has 2 heterocycles. The van der Waals surface area contributed by atoms with Crippen molar-refractivity contribution in [3.8, 4) is 0 Å². The summed E-state index contributed by atoms with van der Waals surface area (Å²) in [6.45, 7) is 7.11. The molecule has 3 atom stereocenters. The number of aromatic nitrogens is 1. The maximum atomic E-state index is 14.2. The van der Waals surface area contributed by atoms with Crippen molar-refractivity contribution in [2.24, 2.45) is 10.9 Å². The van der Waals surface area contributed by atoms with Crippen molar-refractivity contribution < 1.29 is 18.7 Å². The third-order valence-corrected chi connectivity index (χ3v) is 4.44. The highest BCUT2D eigenvalue weighted by molar-refractivity contribution is 9.10. The van der Waals surface area contributed by atoms with Gasteiger partial charge in [0.1, 0.15) is 11.7 Å². The number of fused-ring (bicyclic) bond motifs is 1. The molecule has 1 amide bonds. The van der Waals surface area contributed by atoms with E-state index in [1.54, 1.807) is 26.8 Å². The number of carbonyl (C=O) groups is 1. The fraction of sp³-hybridized carbons (Fsp3) is 0.562. The lowest BCUT2D eigenvalue weighted by Crippen LogP contribution is -2.43.